The van der Waals surface area contributed by atoms with E-state index in [2.05, 4.69) is 14.9 Å². The number of nitrogens with one attached hydrogen (secondary N) is 1. The molecule has 84 valence electrons. The highest BCUT2D eigenvalue weighted by molar-refractivity contribution is 7.10. The maximum atomic E-state index is 5.59. The number of ether oxygens (including phenoxy) is 2. The Hall–Kier alpha value is -0.720. The second-order valence-electron chi connectivity index (χ2n) is 3.54. The van der Waals surface area contributed by atoms with E-state index in [4.69, 9.17) is 9.47 Å². The van der Waals surface area contributed by atoms with Crippen LogP contribution in [0.5, 0.6) is 0 Å². The Labute approximate surface area is 92.9 Å². The van der Waals surface area contributed by atoms with Crippen LogP contribution < -0.4 is 5.32 Å². The quantitative estimate of drug-likeness (QED) is 0.820. The third kappa shape index (κ3) is 2.87. The van der Waals surface area contributed by atoms with Gasteiger partial charge in [-0.05, 0) is 6.42 Å². The normalized spacial score (nSPS) is 20.7. The summed E-state index contributed by atoms with van der Waals surface area (Å²) in [6.45, 7) is 2.98. The van der Waals surface area contributed by atoms with Gasteiger partial charge in [0.05, 0.1) is 19.8 Å². The van der Waals surface area contributed by atoms with E-state index in [1.807, 2.05) is 7.05 Å². The predicted molar refractivity (Wildman–Crippen MR) is 58.0 cm³/mol. The van der Waals surface area contributed by atoms with Gasteiger partial charge in [-0.25, -0.2) is 0 Å². The Morgan fingerprint density at radius 1 is 1.67 bits per heavy atom. The molecule has 1 unspecified atom stereocenters. The lowest BCUT2D eigenvalue weighted by atomic mass is 10.1. The highest BCUT2D eigenvalue weighted by atomic mass is 32.1. The highest BCUT2D eigenvalue weighted by Crippen LogP contribution is 2.18. The van der Waals surface area contributed by atoms with Gasteiger partial charge in [-0.2, -0.15) is 0 Å². The van der Waals surface area contributed by atoms with Crippen LogP contribution in [0.2, 0.25) is 0 Å². The smallest absolute Gasteiger partial charge is 0.135 e. The fraction of sp³-hybridized carbons (Fsp3) is 0.778. The zero-order valence-corrected chi connectivity index (χ0v) is 9.55. The molecular weight excluding hydrogens is 214 g/mol. The molecular formula is C9H15N3O2S. The van der Waals surface area contributed by atoms with E-state index in [1.54, 1.807) is 0 Å². The Morgan fingerprint density at radius 2 is 2.60 bits per heavy atom. The standard InChI is InChI=1S/C9H15N3O2S/c1-10-9-8(11-12-15-9)6-14-5-7-2-3-13-4-7/h7,10H,2-6H2,1H3. The first-order chi connectivity index (χ1) is 7.40. The molecule has 1 atom stereocenters. The maximum Gasteiger partial charge on any atom is 0.135 e. The molecule has 1 aromatic heterocycles. The van der Waals surface area contributed by atoms with Gasteiger partial charge in [0.2, 0.25) is 0 Å². The highest BCUT2D eigenvalue weighted by Gasteiger charge is 2.16. The number of hydrogen-bond donors (Lipinski definition) is 1. The minimum Gasteiger partial charge on any atom is -0.381 e. The van der Waals surface area contributed by atoms with Gasteiger partial charge in [-0.1, -0.05) is 4.49 Å². The third-order valence-electron chi connectivity index (χ3n) is 2.40. The van der Waals surface area contributed by atoms with Crippen LogP contribution in [-0.2, 0) is 16.1 Å². The lowest BCUT2D eigenvalue weighted by molar-refractivity contribution is 0.0776. The topological polar surface area (TPSA) is 56.3 Å². The second-order valence-corrected chi connectivity index (χ2v) is 4.30. The van der Waals surface area contributed by atoms with Crippen molar-refractivity contribution < 1.29 is 9.47 Å². The summed E-state index contributed by atoms with van der Waals surface area (Å²) in [7, 11) is 1.86. The predicted octanol–water partition coefficient (Wildman–Crippen LogP) is 1.13. The van der Waals surface area contributed by atoms with Gasteiger partial charge in [0.25, 0.3) is 0 Å². The lowest BCUT2D eigenvalue weighted by Crippen LogP contribution is -2.09. The van der Waals surface area contributed by atoms with Gasteiger partial charge in [-0.15, -0.1) is 5.10 Å². The molecule has 5 nitrogen and oxygen atoms in total. The number of nitrogens with zero attached hydrogens (tertiary/aromatic N) is 2. The van der Waals surface area contributed by atoms with Crippen molar-refractivity contribution in [3.05, 3.63) is 5.69 Å². The molecule has 6 heteroatoms. The van der Waals surface area contributed by atoms with Crippen molar-refractivity contribution in [3.8, 4) is 0 Å². The zero-order valence-electron chi connectivity index (χ0n) is 8.73. The SMILES string of the molecule is CNc1snnc1COCC1CCOC1. The molecule has 1 saturated heterocycles. The summed E-state index contributed by atoms with van der Waals surface area (Å²) < 4.78 is 14.7. The molecule has 0 radical (unpaired) electrons. The molecule has 1 aliphatic rings. The summed E-state index contributed by atoms with van der Waals surface area (Å²) in [5.74, 6) is 0.551. The molecule has 15 heavy (non-hydrogen) atoms. The first-order valence-electron chi connectivity index (χ1n) is 5.04. The summed E-state index contributed by atoms with van der Waals surface area (Å²) in [5, 5.41) is 8.03. The van der Waals surface area contributed by atoms with Crippen LogP contribution in [-0.4, -0.2) is 36.5 Å². The number of hydrogen-bond acceptors (Lipinski definition) is 6. The molecule has 1 aliphatic heterocycles. The minimum absolute atomic E-state index is 0.531. The molecule has 0 bridgehead atoms. The number of rotatable bonds is 5. The average Bonchev–Trinajstić information content (AvgIpc) is 2.88. The van der Waals surface area contributed by atoms with Gasteiger partial charge in [0, 0.05) is 31.1 Å². The van der Waals surface area contributed by atoms with Crippen LogP contribution in [0.25, 0.3) is 0 Å². The van der Waals surface area contributed by atoms with Crippen molar-refractivity contribution in [1.82, 2.24) is 9.59 Å². The summed E-state index contributed by atoms with van der Waals surface area (Å²) in [6, 6.07) is 0. The van der Waals surface area contributed by atoms with Gasteiger partial charge in [0.15, 0.2) is 0 Å². The Bertz CT molecular complexity index is 299. The fourth-order valence-electron chi connectivity index (χ4n) is 1.53. The van der Waals surface area contributed by atoms with E-state index in [9.17, 15) is 0 Å². The van der Waals surface area contributed by atoms with Crippen molar-refractivity contribution in [2.45, 2.75) is 13.0 Å². The van der Waals surface area contributed by atoms with E-state index >= 15 is 0 Å². The first-order valence-corrected chi connectivity index (χ1v) is 5.82. The molecule has 2 heterocycles. The lowest BCUT2D eigenvalue weighted by Gasteiger charge is -2.07. The van der Waals surface area contributed by atoms with Gasteiger partial charge in [0.1, 0.15) is 10.7 Å². The number of anilines is 1. The second kappa shape index (κ2) is 5.39. The monoisotopic (exact) mass is 229 g/mol. The number of aromatic nitrogens is 2. The Kier molecular flexibility index (Phi) is 3.87. The van der Waals surface area contributed by atoms with E-state index < -0.39 is 0 Å². The molecule has 0 saturated carbocycles. The average molecular weight is 229 g/mol. The molecule has 0 aromatic carbocycles. The van der Waals surface area contributed by atoms with Gasteiger partial charge < -0.3 is 14.8 Å². The van der Waals surface area contributed by atoms with Crippen LogP contribution in [0.4, 0.5) is 5.00 Å². The molecule has 1 N–H and O–H groups in total. The minimum atomic E-state index is 0.531. The zero-order chi connectivity index (χ0) is 10.5. The summed E-state index contributed by atoms with van der Waals surface area (Å²) in [4.78, 5) is 0. The maximum absolute atomic E-state index is 5.59. The van der Waals surface area contributed by atoms with Crippen molar-refractivity contribution in [2.24, 2.45) is 5.92 Å². The molecule has 2 rings (SSSR count). The van der Waals surface area contributed by atoms with Gasteiger partial charge >= 0.3 is 0 Å². The van der Waals surface area contributed by atoms with Crippen molar-refractivity contribution in [2.75, 3.05) is 32.2 Å². The fourth-order valence-corrected chi connectivity index (χ4v) is 2.05. The van der Waals surface area contributed by atoms with Crippen molar-refractivity contribution in [3.63, 3.8) is 0 Å². The summed E-state index contributed by atoms with van der Waals surface area (Å²) in [6.07, 6.45) is 1.11. The Morgan fingerprint density at radius 3 is 3.33 bits per heavy atom. The van der Waals surface area contributed by atoms with Crippen LogP contribution in [0.15, 0.2) is 0 Å². The summed E-state index contributed by atoms with van der Waals surface area (Å²) >= 11 is 1.36. The van der Waals surface area contributed by atoms with E-state index in [0.717, 1.165) is 36.9 Å². The molecule has 0 spiro atoms. The van der Waals surface area contributed by atoms with E-state index in [-0.39, 0.29) is 0 Å². The van der Waals surface area contributed by atoms with Crippen LogP contribution in [0, 0.1) is 5.92 Å². The molecule has 1 fully saturated rings. The van der Waals surface area contributed by atoms with Gasteiger partial charge in [-0.3, -0.25) is 0 Å². The first kappa shape index (κ1) is 10.8. The Balaban J connectivity index is 1.73. The molecule has 1 aromatic rings. The van der Waals surface area contributed by atoms with E-state index in [0.29, 0.717) is 12.5 Å². The van der Waals surface area contributed by atoms with Crippen LogP contribution >= 0.6 is 11.5 Å². The summed E-state index contributed by atoms with van der Waals surface area (Å²) in [5.41, 5.74) is 0.890. The van der Waals surface area contributed by atoms with Crippen molar-refractivity contribution >= 4 is 16.5 Å². The largest absolute Gasteiger partial charge is 0.381 e. The molecule has 0 aliphatic carbocycles. The van der Waals surface area contributed by atoms with Crippen LogP contribution in [0.3, 0.4) is 0 Å². The third-order valence-corrected chi connectivity index (χ3v) is 3.18. The van der Waals surface area contributed by atoms with Crippen molar-refractivity contribution in [1.29, 1.82) is 0 Å². The van der Waals surface area contributed by atoms with E-state index in [1.165, 1.54) is 11.5 Å². The van der Waals surface area contributed by atoms with Crippen LogP contribution in [0.1, 0.15) is 12.1 Å². The molecule has 0 amide bonds.